The maximum absolute atomic E-state index is 13.8. The summed E-state index contributed by atoms with van der Waals surface area (Å²) in [5.41, 5.74) is 1.45. The third-order valence-electron chi connectivity index (χ3n) is 3.55. The summed E-state index contributed by atoms with van der Waals surface area (Å²) in [5, 5.41) is 3.39. The first-order valence-electron chi connectivity index (χ1n) is 6.94. The second-order valence-electron chi connectivity index (χ2n) is 5.24. The van der Waals surface area contributed by atoms with Gasteiger partial charge in [0.25, 0.3) is 0 Å². The van der Waals surface area contributed by atoms with Gasteiger partial charge in [0.1, 0.15) is 5.82 Å². The van der Waals surface area contributed by atoms with E-state index in [9.17, 15) is 4.39 Å². The van der Waals surface area contributed by atoms with Gasteiger partial charge in [-0.05, 0) is 19.4 Å². The van der Waals surface area contributed by atoms with Crippen LogP contribution in [0.1, 0.15) is 18.1 Å². The minimum Gasteiger partial charge on any atom is -0.379 e. The molecule has 0 amide bonds. The molecule has 1 aromatic rings. The first-order valence-corrected chi connectivity index (χ1v) is 6.94. The Kier molecular flexibility index (Phi) is 5.31. The van der Waals surface area contributed by atoms with Gasteiger partial charge in [-0.2, -0.15) is 0 Å². The third-order valence-corrected chi connectivity index (χ3v) is 3.55. The summed E-state index contributed by atoms with van der Waals surface area (Å²) in [4.78, 5) is 2.38. The van der Waals surface area contributed by atoms with Crippen molar-refractivity contribution < 1.29 is 9.13 Å². The molecule has 1 aliphatic heterocycles. The highest BCUT2D eigenvalue weighted by Gasteiger charge is 2.13. The van der Waals surface area contributed by atoms with Gasteiger partial charge >= 0.3 is 0 Å². The van der Waals surface area contributed by atoms with E-state index < -0.39 is 0 Å². The van der Waals surface area contributed by atoms with Crippen LogP contribution in [-0.4, -0.2) is 43.8 Å². The summed E-state index contributed by atoms with van der Waals surface area (Å²) in [5.74, 6) is -0.0893. The van der Waals surface area contributed by atoms with Gasteiger partial charge < -0.3 is 10.1 Å². The van der Waals surface area contributed by atoms with E-state index in [0.29, 0.717) is 18.2 Å². The zero-order valence-electron chi connectivity index (χ0n) is 11.8. The average Bonchev–Trinajstić information content (AvgIpc) is 2.42. The molecule has 19 heavy (non-hydrogen) atoms. The fraction of sp³-hybridized carbons (Fsp3) is 0.600. The number of nitrogens with one attached hydrogen (secondary N) is 1. The van der Waals surface area contributed by atoms with Gasteiger partial charge in [0.15, 0.2) is 0 Å². The van der Waals surface area contributed by atoms with Gasteiger partial charge in [0.2, 0.25) is 0 Å². The van der Waals surface area contributed by atoms with Gasteiger partial charge in [-0.3, -0.25) is 4.90 Å². The van der Waals surface area contributed by atoms with Crippen LogP contribution in [0, 0.1) is 12.7 Å². The lowest BCUT2D eigenvalue weighted by Gasteiger charge is -2.29. The number of rotatable bonds is 5. The number of nitrogens with zero attached hydrogens (tertiary/aromatic N) is 1. The molecule has 1 aromatic carbocycles. The Morgan fingerprint density at radius 1 is 1.37 bits per heavy atom. The SMILES string of the molecule is Cc1cccc(CNC(C)CN2CCOCC2)c1F. The maximum Gasteiger partial charge on any atom is 0.130 e. The Bertz CT molecular complexity index is 405. The van der Waals surface area contributed by atoms with Gasteiger partial charge in [-0.15, -0.1) is 0 Å². The van der Waals surface area contributed by atoms with Crippen molar-refractivity contribution in [3.8, 4) is 0 Å². The number of benzene rings is 1. The van der Waals surface area contributed by atoms with Crippen molar-refractivity contribution in [2.45, 2.75) is 26.4 Å². The molecule has 0 aromatic heterocycles. The van der Waals surface area contributed by atoms with Gasteiger partial charge in [0, 0.05) is 37.8 Å². The molecule has 4 heteroatoms. The Hall–Kier alpha value is -0.970. The molecule has 0 saturated carbocycles. The standard InChI is InChI=1S/C15H23FN2O/c1-12-4-3-5-14(15(12)16)10-17-13(2)11-18-6-8-19-9-7-18/h3-5,13,17H,6-11H2,1-2H3. The zero-order chi connectivity index (χ0) is 13.7. The van der Waals surface area contributed by atoms with Crippen molar-refractivity contribution in [2.75, 3.05) is 32.8 Å². The van der Waals surface area contributed by atoms with Crippen molar-refractivity contribution >= 4 is 0 Å². The van der Waals surface area contributed by atoms with Crippen LogP contribution in [0.25, 0.3) is 0 Å². The molecule has 1 atom stereocenters. The van der Waals surface area contributed by atoms with E-state index in [4.69, 9.17) is 4.74 Å². The van der Waals surface area contributed by atoms with Crippen LogP contribution >= 0.6 is 0 Å². The van der Waals surface area contributed by atoms with E-state index >= 15 is 0 Å². The molecule has 1 fully saturated rings. The number of hydrogen-bond donors (Lipinski definition) is 1. The number of hydrogen-bond acceptors (Lipinski definition) is 3. The second-order valence-corrected chi connectivity index (χ2v) is 5.24. The second kappa shape index (κ2) is 6.98. The normalized spacial score (nSPS) is 18.5. The molecule has 1 N–H and O–H groups in total. The number of morpholine rings is 1. The predicted molar refractivity (Wildman–Crippen MR) is 74.7 cm³/mol. The van der Waals surface area contributed by atoms with E-state index in [1.165, 1.54) is 0 Å². The first-order chi connectivity index (χ1) is 9.16. The minimum absolute atomic E-state index is 0.0893. The molecule has 1 heterocycles. The smallest absolute Gasteiger partial charge is 0.130 e. The Balaban J connectivity index is 1.79. The molecule has 3 nitrogen and oxygen atoms in total. The van der Waals surface area contributed by atoms with Crippen LogP contribution in [0.15, 0.2) is 18.2 Å². The zero-order valence-corrected chi connectivity index (χ0v) is 11.8. The van der Waals surface area contributed by atoms with Crippen molar-refractivity contribution in [3.05, 3.63) is 35.1 Å². The third kappa shape index (κ3) is 4.27. The number of ether oxygens (including phenoxy) is 1. The summed E-state index contributed by atoms with van der Waals surface area (Å²) in [6.45, 7) is 9.13. The van der Waals surface area contributed by atoms with Crippen LogP contribution < -0.4 is 5.32 Å². The fourth-order valence-corrected chi connectivity index (χ4v) is 2.36. The van der Waals surface area contributed by atoms with Crippen molar-refractivity contribution in [3.63, 3.8) is 0 Å². The molecule has 0 bridgehead atoms. The highest BCUT2D eigenvalue weighted by atomic mass is 19.1. The lowest BCUT2D eigenvalue weighted by atomic mass is 10.1. The molecule has 1 saturated heterocycles. The summed E-state index contributed by atoms with van der Waals surface area (Å²) in [6, 6.07) is 5.90. The number of aryl methyl sites for hydroxylation is 1. The predicted octanol–water partition coefficient (Wildman–Crippen LogP) is 1.94. The molecule has 2 rings (SSSR count). The minimum atomic E-state index is -0.0893. The Labute approximate surface area is 114 Å². The van der Waals surface area contributed by atoms with E-state index in [1.54, 1.807) is 13.0 Å². The highest BCUT2D eigenvalue weighted by Crippen LogP contribution is 2.11. The first kappa shape index (κ1) is 14.4. The number of halogens is 1. The van der Waals surface area contributed by atoms with Crippen LogP contribution in [0.5, 0.6) is 0 Å². The lowest BCUT2D eigenvalue weighted by Crippen LogP contribution is -2.44. The van der Waals surface area contributed by atoms with Crippen LogP contribution in [0.2, 0.25) is 0 Å². The highest BCUT2D eigenvalue weighted by molar-refractivity contribution is 5.24. The van der Waals surface area contributed by atoms with Crippen molar-refractivity contribution in [1.29, 1.82) is 0 Å². The maximum atomic E-state index is 13.8. The van der Waals surface area contributed by atoms with E-state index in [-0.39, 0.29) is 5.82 Å². The van der Waals surface area contributed by atoms with Crippen molar-refractivity contribution in [1.82, 2.24) is 10.2 Å². The summed E-state index contributed by atoms with van der Waals surface area (Å²) >= 11 is 0. The van der Waals surface area contributed by atoms with Gasteiger partial charge in [0.05, 0.1) is 13.2 Å². The summed E-state index contributed by atoms with van der Waals surface area (Å²) in [7, 11) is 0. The monoisotopic (exact) mass is 266 g/mol. The Morgan fingerprint density at radius 2 is 2.11 bits per heavy atom. The van der Waals surface area contributed by atoms with E-state index in [1.807, 2.05) is 12.1 Å². The molecular formula is C15H23FN2O. The quantitative estimate of drug-likeness (QED) is 0.881. The van der Waals surface area contributed by atoms with Crippen LogP contribution in [0.3, 0.4) is 0 Å². The largest absolute Gasteiger partial charge is 0.379 e. The molecule has 0 radical (unpaired) electrons. The van der Waals surface area contributed by atoms with Crippen LogP contribution in [0.4, 0.5) is 4.39 Å². The molecular weight excluding hydrogens is 243 g/mol. The summed E-state index contributed by atoms with van der Waals surface area (Å²) in [6.07, 6.45) is 0. The molecule has 1 aliphatic rings. The van der Waals surface area contributed by atoms with E-state index in [0.717, 1.165) is 38.4 Å². The topological polar surface area (TPSA) is 24.5 Å². The average molecular weight is 266 g/mol. The van der Waals surface area contributed by atoms with Gasteiger partial charge in [-0.1, -0.05) is 18.2 Å². The fourth-order valence-electron chi connectivity index (χ4n) is 2.36. The van der Waals surface area contributed by atoms with Gasteiger partial charge in [-0.25, -0.2) is 4.39 Å². The summed E-state index contributed by atoms with van der Waals surface area (Å²) < 4.78 is 19.2. The molecule has 106 valence electrons. The van der Waals surface area contributed by atoms with Crippen LogP contribution in [-0.2, 0) is 11.3 Å². The van der Waals surface area contributed by atoms with E-state index in [2.05, 4.69) is 17.1 Å². The molecule has 1 unspecified atom stereocenters. The molecule has 0 spiro atoms. The lowest BCUT2D eigenvalue weighted by molar-refractivity contribution is 0.0343. The Morgan fingerprint density at radius 3 is 2.84 bits per heavy atom. The van der Waals surface area contributed by atoms with Crippen molar-refractivity contribution in [2.24, 2.45) is 0 Å². The molecule has 0 aliphatic carbocycles.